The molecule has 1 aliphatic heterocycles. The van der Waals surface area contributed by atoms with E-state index in [1.165, 1.54) is 18.6 Å². The first-order chi connectivity index (χ1) is 14.6. The fourth-order valence-corrected chi connectivity index (χ4v) is 4.31. The van der Waals surface area contributed by atoms with E-state index in [0.717, 1.165) is 49.2 Å². The summed E-state index contributed by atoms with van der Waals surface area (Å²) in [4.78, 5) is 19.7. The molecule has 4 N–H and O–H groups in total. The average Bonchev–Trinajstić information content (AvgIpc) is 2.79. The molecule has 1 aromatic heterocycles. The summed E-state index contributed by atoms with van der Waals surface area (Å²) in [5, 5.41) is 13.4. The highest BCUT2D eigenvalue weighted by Gasteiger charge is 2.27. The van der Waals surface area contributed by atoms with E-state index in [0.29, 0.717) is 23.3 Å². The zero-order valence-electron chi connectivity index (χ0n) is 17.7. The normalized spacial score (nSPS) is 15.3. The Morgan fingerprint density at radius 2 is 1.93 bits per heavy atom. The molecule has 1 saturated heterocycles. The summed E-state index contributed by atoms with van der Waals surface area (Å²) in [5.41, 5.74) is 0.871. The van der Waals surface area contributed by atoms with Gasteiger partial charge in [0.05, 0.1) is 19.7 Å². The first-order valence-corrected chi connectivity index (χ1v) is 10.8. The van der Waals surface area contributed by atoms with Crippen LogP contribution < -0.4 is 24.2 Å². The van der Waals surface area contributed by atoms with Crippen molar-refractivity contribution in [3.05, 3.63) is 18.5 Å². The van der Waals surface area contributed by atoms with Gasteiger partial charge in [-0.05, 0) is 30.7 Å². The van der Waals surface area contributed by atoms with Gasteiger partial charge in [0.2, 0.25) is 0 Å². The molecule has 1 fully saturated rings. The zero-order chi connectivity index (χ0) is 21.9. The van der Waals surface area contributed by atoms with E-state index >= 15 is 0 Å². The summed E-state index contributed by atoms with van der Waals surface area (Å²) in [6.07, 6.45) is 5.13. The molecule has 9 nitrogen and oxygen atoms in total. The number of hydrogen-bond acceptors (Lipinski definition) is 9. The van der Waals surface area contributed by atoms with Crippen molar-refractivity contribution in [2.24, 2.45) is 17.0 Å². The van der Waals surface area contributed by atoms with E-state index in [2.05, 4.69) is 26.5 Å². The van der Waals surface area contributed by atoms with E-state index in [1.54, 1.807) is 20.5 Å². The maximum Gasteiger partial charge on any atom is 0.290 e. The molecule has 0 aliphatic carbocycles. The Morgan fingerprint density at radius 3 is 2.50 bits per heavy atom. The number of methoxy groups -OCH3 is 2. The maximum atomic E-state index is 8.36. The number of hydrogen-bond donors (Lipinski definition) is 3. The lowest BCUT2D eigenvalue weighted by Gasteiger charge is -2.36. The van der Waals surface area contributed by atoms with Crippen LogP contribution in [0.1, 0.15) is 26.2 Å². The Labute approximate surface area is 181 Å². The predicted molar refractivity (Wildman–Crippen MR) is 120 cm³/mol. The predicted octanol–water partition coefficient (Wildman–Crippen LogP) is 2.70. The van der Waals surface area contributed by atoms with E-state index in [4.69, 9.17) is 24.5 Å². The molecule has 0 bridgehead atoms. The highest BCUT2D eigenvalue weighted by Crippen LogP contribution is 2.36. The van der Waals surface area contributed by atoms with Crippen LogP contribution in [0.15, 0.2) is 18.5 Å². The lowest BCUT2D eigenvalue weighted by Crippen LogP contribution is -2.38. The lowest BCUT2D eigenvalue weighted by atomic mass is 9.83. The third-order valence-electron chi connectivity index (χ3n) is 5.58. The number of nitrogens with zero attached hydrogens (tertiary/aromatic N) is 3. The van der Waals surface area contributed by atoms with Crippen LogP contribution in [0, 0.1) is 11.8 Å². The molecule has 0 saturated carbocycles. The number of rotatable bonds is 8. The van der Waals surface area contributed by atoms with Gasteiger partial charge in [0.1, 0.15) is 12.1 Å². The quantitative estimate of drug-likeness (QED) is 0.419. The van der Waals surface area contributed by atoms with Crippen molar-refractivity contribution in [3.8, 4) is 11.5 Å². The van der Waals surface area contributed by atoms with Crippen LogP contribution in [-0.4, -0.2) is 55.4 Å². The summed E-state index contributed by atoms with van der Waals surface area (Å²) in [5.74, 6) is 3.74. The van der Waals surface area contributed by atoms with Gasteiger partial charge in [-0.25, -0.2) is 9.97 Å². The number of nitrogens with two attached hydrogens (primary N) is 1. The number of benzene rings is 1. The van der Waals surface area contributed by atoms with Crippen LogP contribution in [0.4, 0.5) is 5.82 Å². The smallest absolute Gasteiger partial charge is 0.290 e. The third kappa shape index (κ3) is 5.87. The highest BCUT2D eigenvalue weighted by atomic mass is 32.2. The minimum Gasteiger partial charge on any atom is -0.493 e. The van der Waals surface area contributed by atoms with Gasteiger partial charge >= 0.3 is 0 Å². The van der Waals surface area contributed by atoms with E-state index in [9.17, 15) is 0 Å². The van der Waals surface area contributed by atoms with E-state index < -0.39 is 0 Å². The van der Waals surface area contributed by atoms with Crippen LogP contribution >= 0.6 is 12.1 Å². The lowest BCUT2D eigenvalue weighted by molar-refractivity contribution is -0.122. The maximum absolute atomic E-state index is 8.36. The SMILES string of the molecule is CCC(CNSN)C1CCN(c2ncnc3cc(OC)c(OC)cc23)CC1.O=CO. The summed E-state index contributed by atoms with van der Waals surface area (Å²) in [6, 6.07) is 3.89. The van der Waals surface area contributed by atoms with Crippen LogP contribution in [0.3, 0.4) is 0 Å². The first-order valence-electron chi connectivity index (χ1n) is 9.91. The van der Waals surface area contributed by atoms with Crippen LogP contribution in [0.25, 0.3) is 10.9 Å². The van der Waals surface area contributed by atoms with E-state index in [1.807, 2.05) is 12.1 Å². The number of ether oxygens (including phenoxy) is 2. The van der Waals surface area contributed by atoms with Crippen molar-refractivity contribution >= 4 is 35.3 Å². The number of anilines is 1. The second kappa shape index (κ2) is 12.4. The molecule has 0 spiro atoms. The molecular formula is C20H31N5O4S. The molecule has 10 heteroatoms. The molecule has 1 aromatic carbocycles. The second-order valence-corrected chi connectivity index (χ2v) is 7.51. The minimum absolute atomic E-state index is 0.250. The molecule has 1 atom stereocenters. The topological polar surface area (TPSA) is 123 Å². The largest absolute Gasteiger partial charge is 0.493 e. The third-order valence-corrected chi connectivity index (χ3v) is 5.91. The first kappa shape index (κ1) is 24.0. The van der Waals surface area contributed by atoms with Crippen molar-refractivity contribution in [3.63, 3.8) is 0 Å². The van der Waals surface area contributed by atoms with Crippen molar-refractivity contribution in [2.75, 3.05) is 38.8 Å². The monoisotopic (exact) mass is 437 g/mol. The number of nitrogens with one attached hydrogen (secondary N) is 1. The minimum atomic E-state index is -0.250. The van der Waals surface area contributed by atoms with Gasteiger partial charge < -0.3 is 19.5 Å². The molecule has 2 aromatic rings. The number of carboxylic acid groups (broad SMARTS) is 1. The van der Waals surface area contributed by atoms with Crippen molar-refractivity contribution in [2.45, 2.75) is 26.2 Å². The van der Waals surface area contributed by atoms with Crippen LogP contribution in [-0.2, 0) is 4.79 Å². The molecule has 166 valence electrons. The molecule has 1 aliphatic rings. The van der Waals surface area contributed by atoms with Crippen LogP contribution in [0.5, 0.6) is 11.5 Å². The molecule has 1 unspecified atom stereocenters. The van der Waals surface area contributed by atoms with Gasteiger partial charge in [-0.2, -0.15) is 0 Å². The number of aromatic nitrogens is 2. The van der Waals surface area contributed by atoms with Gasteiger partial charge in [0, 0.05) is 43.2 Å². The molecule has 2 heterocycles. The number of piperidine rings is 1. The standard InChI is InChI=1S/C19H29N5O2S.CH2O2/c1-4-13(11-23-27-20)14-5-7-24(8-6-14)19-15-9-17(25-2)18(26-3)10-16(15)21-12-22-19;2-1-3/h9-10,12-14,23H,4-8,11,20H2,1-3H3;1H,(H,2,3). The molecule has 30 heavy (non-hydrogen) atoms. The Bertz CT molecular complexity index is 802. The van der Waals surface area contributed by atoms with Gasteiger partial charge in [0.25, 0.3) is 6.47 Å². The summed E-state index contributed by atoms with van der Waals surface area (Å²) >= 11 is 1.22. The van der Waals surface area contributed by atoms with Crippen molar-refractivity contribution < 1.29 is 19.4 Å². The van der Waals surface area contributed by atoms with Gasteiger partial charge in [-0.1, -0.05) is 13.3 Å². The Balaban J connectivity index is 0.00000101. The Hall–Kier alpha value is -2.30. The molecule has 0 amide bonds. The fraction of sp³-hybridized carbons (Fsp3) is 0.550. The number of fused-ring (bicyclic) bond motifs is 1. The zero-order valence-corrected chi connectivity index (χ0v) is 18.5. The van der Waals surface area contributed by atoms with E-state index in [-0.39, 0.29) is 6.47 Å². The molecular weight excluding hydrogens is 406 g/mol. The average molecular weight is 438 g/mol. The Kier molecular flexibility index (Phi) is 9.92. The van der Waals surface area contributed by atoms with Gasteiger partial charge in [-0.15, -0.1) is 0 Å². The second-order valence-electron chi connectivity index (χ2n) is 6.99. The van der Waals surface area contributed by atoms with Crippen molar-refractivity contribution in [1.29, 1.82) is 0 Å². The Morgan fingerprint density at radius 1 is 1.30 bits per heavy atom. The van der Waals surface area contributed by atoms with Crippen LogP contribution in [0.2, 0.25) is 0 Å². The molecule has 0 radical (unpaired) electrons. The van der Waals surface area contributed by atoms with Crippen molar-refractivity contribution in [1.82, 2.24) is 14.7 Å². The van der Waals surface area contributed by atoms with Gasteiger partial charge in [0.15, 0.2) is 11.5 Å². The summed E-state index contributed by atoms with van der Waals surface area (Å²) in [6.45, 7) is 4.97. The number of carbonyl (C=O) groups is 1. The highest BCUT2D eigenvalue weighted by molar-refractivity contribution is 7.95. The summed E-state index contributed by atoms with van der Waals surface area (Å²) in [7, 11) is 3.29. The summed E-state index contributed by atoms with van der Waals surface area (Å²) < 4.78 is 14.1. The fourth-order valence-electron chi connectivity index (χ4n) is 4.00. The molecule has 3 rings (SSSR count). The van der Waals surface area contributed by atoms with Gasteiger partial charge in [-0.3, -0.25) is 14.7 Å².